The van der Waals surface area contributed by atoms with Gasteiger partial charge < -0.3 is 29.4 Å². The molecule has 0 fully saturated rings. The first-order chi connectivity index (χ1) is 19.1. The third-order valence-electron chi connectivity index (χ3n) is 5.96. The van der Waals surface area contributed by atoms with Gasteiger partial charge in [0.1, 0.15) is 12.2 Å². The summed E-state index contributed by atoms with van der Waals surface area (Å²) < 4.78 is 21.7. The second kappa shape index (κ2) is 17.6. The third kappa shape index (κ3) is 12.4. The van der Waals surface area contributed by atoms with Crippen LogP contribution in [0.2, 0.25) is 0 Å². The van der Waals surface area contributed by atoms with Crippen molar-refractivity contribution in [2.24, 2.45) is 0 Å². The fourth-order valence-corrected chi connectivity index (χ4v) is 4.06. The topological polar surface area (TPSA) is 120 Å². The lowest BCUT2D eigenvalue weighted by Crippen LogP contribution is -2.51. The summed E-state index contributed by atoms with van der Waals surface area (Å²) in [5.74, 6) is -2.00. The number of aryl methyl sites for hydroxylation is 1. The van der Waals surface area contributed by atoms with Gasteiger partial charge in [0.25, 0.3) is 5.91 Å². The van der Waals surface area contributed by atoms with Gasteiger partial charge in [-0.05, 0) is 76.1 Å². The summed E-state index contributed by atoms with van der Waals surface area (Å²) in [5.41, 5.74) is 0.434. The van der Waals surface area contributed by atoms with Gasteiger partial charge in [0.15, 0.2) is 12.2 Å². The average Bonchev–Trinajstić information content (AvgIpc) is 2.90. The third-order valence-corrected chi connectivity index (χ3v) is 5.96. The van der Waals surface area contributed by atoms with Gasteiger partial charge in [0.2, 0.25) is 0 Å². The molecule has 222 valence electrons. The van der Waals surface area contributed by atoms with E-state index in [0.29, 0.717) is 19.4 Å². The summed E-state index contributed by atoms with van der Waals surface area (Å²) in [4.78, 5) is 38.1. The summed E-state index contributed by atoms with van der Waals surface area (Å²) in [5, 5.41) is 14.4. The predicted molar refractivity (Wildman–Crippen MR) is 153 cm³/mol. The molecule has 1 amide bonds. The SMILES string of the molecule is CCOC(=O)CO[C@@H](C(=O)OC(C)(C)C)[C@@H](OCCCCO)C(=O)NCCCCCc1ccc2ccccc2c1. The summed E-state index contributed by atoms with van der Waals surface area (Å²) >= 11 is 0. The van der Waals surface area contributed by atoms with Crippen molar-refractivity contribution in [1.82, 2.24) is 5.32 Å². The smallest absolute Gasteiger partial charge is 0.339 e. The fourth-order valence-electron chi connectivity index (χ4n) is 4.06. The Morgan fingerprint density at radius 3 is 2.35 bits per heavy atom. The van der Waals surface area contributed by atoms with Crippen molar-refractivity contribution < 1.29 is 38.4 Å². The summed E-state index contributed by atoms with van der Waals surface area (Å²) in [6.07, 6.45) is 1.73. The van der Waals surface area contributed by atoms with Crippen LogP contribution in [0.4, 0.5) is 0 Å². The van der Waals surface area contributed by atoms with E-state index in [0.717, 1.165) is 25.7 Å². The monoisotopic (exact) mass is 559 g/mol. The summed E-state index contributed by atoms with van der Waals surface area (Å²) in [6.45, 7) is 6.86. The van der Waals surface area contributed by atoms with Gasteiger partial charge in [0, 0.05) is 19.8 Å². The highest BCUT2D eigenvalue weighted by molar-refractivity contribution is 5.89. The molecule has 9 nitrogen and oxygen atoms in total. The van der Waals surface area contributed by atoms with Crippen molar-refractivity contribution in [3.05, 3.63) is 48.0 Å². The number of ether oxygens (including phenoxy) is 4. The molecule has 0 saturated heterocycles. The van der Waals surface area contributed by atoms with Gasteiger partial charge in [-0.25, -0.2) is 9.59 Å². The Morgan fingerprint density at radius 1 is 0.900 bits per heavy atom. The molecule has 0 aliphatic carbocycles. The predicted octanol–water partition coefficient (Wildman–Crippen LogP) is 4.12. The molecular formula is C31H45NO8. The van der Waals surface area contributed by atoms with Gasteiger partial charge in [-0.15, -0.1) is 0 Å². The normalized spacial score (nSPS) is 13.0. The van der Waals surface area contributed by atoms with Crippen LogP contribution >= 0.6 is 0 Å². The minimum atomic E-state index is -1.47. The average molecular weight is 560 g/mol. The van der Waals surface area contributed by atoms with Crippen molar-refractivity contribution >= 4 is 28.6 Å². The summed E-state index contributed by atoms with van der Waals surface area (Å²) in [7, 11) is 0. The molecule has 0 heterocycles. The molecule has 0 aliphatic heterocycles. The van der Waals surface area contributed by atoms with Crippen molar-refractivity contribution in [2.75, 3.05) is 33.0 Å². The minimum Gasteiger partial charge on any atom is -0.464 e. The molecule has 2 aromatic carbocycles. The van der Waals surface area contributed by atoms with E-state index in [-0.39, 0.29) is 19.8 Å². The van der Waals surface area contributed by atoms with E-state index >= 15 is 0 Å². The Morgan fingerprint density at radius 2 is 1.65 bits per heavy atom. The largest absolute Gasteiger partial charge is 0.464 e. The highest BCUT2D eigenvalue weighted by atomic mass is 16.6. The fraction of sp³-hybridized carbons (Fsp3) is 0.581. The molecule has 0 unspecified atom stereocenters. The molecule has 0 aliphatic rings. The molecule has 0 radical (unpaired) electrons. The molecule has 2 N–H and O–H groups in total. The van der Waals surface area contributed by atoms with Gasteiger partial charge in [-0.1, -0.05) is 48.9 Å². The lowest BCUT2D eigenvalue weighted by atomic mass is 10.0. The maximum absolute atomic E-state index is 13.2. The number of hydrogen-bond acceptors (Lipinski definition) is 8. The number of rotatable bonds is 18. The van der Waals surface area contributed by atoms with Crippen LogP contribution in [0.15, 0.2) is 42.5 Å². The van der Waals surface area contributed by atoms with Crippen LogP contribution in [0.25, 0.3) is 10.8 Å². The minimum absolute atomic E-state index is 0.0196. The number of aliphatic hydroxyl groups is 1. The number of carbonyl (C=O) groups is 3. The Labute approximate surface area is 237 Å². The second-order valence-electron chi connectivity index (χ2n) is 10.6. The second-order valence-corrected chi connectivity index (χ2v) is 10.6. The zero-order valence-corrected chi connectivity index (χ0v) is 24.3. The van der Waals surface area contributed by atoms with Gasteiger partial charge >= 0.3 is 11.9 Å². The molecule has 0 spiro atoms. The highest BCUT2D eigenvalue weighted by Crippen LogP contribution is 2.18. The lowest BCUT2D eigenvalue weighted by Gasteiger charge is -2.28. The van der Waals surface area contributed by atoms with E-state index in [1.54, 1.807) is 27.7 Å². The number of unbranched alkanes of at least 4 members (excludes halogenated alkanes) is 3. The van der Waals surface area contributed by atoms with Crippen LogP contribution in [-0.2, 0) is 39.8 Å². The number of fused-ring (bicyclic) bond motifs is 1. The number of nitrogens with one attached hydrogen (secondary N) is 1. The maximum atomic E-state index is 13.2. The Hall–Kier alpha value is -3.01. The first-order valence-electron chi connectivity index (χ1n) is 14.1. The van der Waals surface area contributed by atoms with E-state index in [1.807, 2.05) is 12.1 Å². The summed E-state index contributed by atoms with van der Waals surface area (Å²) in [6, 6.07) is 14.8. The van der Waals surface area contributed by atoms with Crippen LogP contribution in [-0.4, -0.2) is 73.7 Å². The molecular weight excluding hydrogens is 514 g/mol. The Kier molecular flexibility index (Phi) is 14.6. The van der Waals surface area contributed by atoms with Gasteiger partial charge in [-0.3, -0.25) is 4.79 Å². The van der Waals surface area contributed by atoms with Gasteiger partial charge in [-0.2, -0.15) is 0 Å². The quantitative estimate of drug-likeness (QED) is 0.207. The van der Waals surface area contributed by atoms with E-state index in [9.17, 15) is 14.4 Å². The zero-order chi connectivity index (χ0) is 29.4. The van der Waals surface area contributed by atoms with E-state index in [4.69, 9.17) is 24.1 Å². The van der Waals surface area contributed by atoms with Crippen molar-refractivity contribution in [3.63, 3.8) is 0 Å². The molecule has 9 heteroatoms. The van der Waals surface area contributed by atoms with Crippen molar-refractivity contribution in [3.8, 4) is 0 Å². The maximum Gasteiger partial charge on any atom is 0.339 e. The number of esters is 2. The molecule has 2 atom stereocenters. The van der Waals surface area contributed by atoms with Crippen LogP contribution in [0.5, 0.6) is 0 Å². The van der Waals surface area contributed by atoms with E-state index in [1.165, 1.54) is 16.3 Å². The molecule has 0 saturated carbocycles. The van der Waals surface area contributed by atoms with Crippen LogP contribution in [0, 0.1) is 0 Å². The van der Waals surface area contributed by atoms with Crippen molar-refractivity contribution in [1.29, 1.82) is 0 Å². The number of benzene rings is 2. The highest BCUT2D eigenvalue weighted by Gasteiger charge is 2.39. The molecule has 0 aromatic heterocycles. The van der Waals surface area contributed by atoms with Crippen LogP contribution in [0.3, 0.4) is 0 Å². The van der Waals surface area contributed by atoms with E-state index in [2.05, 4.69) is 35.6 Å². The molecule has 0 bridgehead atoms. The number of hydrogen-bond donors (Lipinski definition) is 2. The first-order valence-corrected chi connectivity index (χ1v) is 14.1. The van der Waals surface area contributed by atoms with Crippen molar-refractivity contribution in [2.45, 2.75) is 84.0 Å². The molecule has 2 aromatic rings. The zero-order valence-electron chi connectivity index (χ0n) is 24.3. The van der Waals surface area contributed by atoms with Crippen LogP contribution in [0.1, 0.15) is 65.4 Å². The van der Waals surface area contributed by atoms with E-state index < -0.39 is 42.3 Å². The lowest BCUT2D eigenvalue weighted by molar-refractivity contribution is -0.185. The number of carbonyl (C=O) groups excluding carboxylic acids is 3. The van der Waals surface area contributed by atoms with Gasteiger partial charge in [0.05, 0.1) is 6.61 Å². The molecule has 2 rings (SSSR count). The molecule has 40 heavy (non-hydrogen) atoms. The standard InChI is InChI=1S/C31H45NO8/c1-5-37-26(34)22-39-28(30(36)40-31(2,3)4)27(38-20-12-11-19-33)29(35)32-18-10-6-7-13-23-16-17-24-14-8-9-15-25(24)21-23/h8-9,14-17,21,27-28,33H,5-7,10-13,18-20,22H2,1-4H3,(H,32,35)/t27-,28-/m1/s1. The number of amides is 1. The Bertz CT molecular complexity index is 1060. The first kappa shape index (κ1) is 33.2. The Balaban J connectivity index is 1.95. The number of aliphatic hydroxyl groups excluding tert-OH is 1. The van der Waals surface area contributed by atoms with Crippen LogP contribution < -0.4 is 5.32 Å².